The molecule has 0 bridgehead atoms. The Morgan fingerprint density at radius 3 is 1.56 bits per heavy atom. The van der Waals surface area contributed by atoms with E-state index in [2.05, 4.69) is 36.0 Å². The van der Waals surface area contributed by atoms with Crippen LogP contribution in [-0.4, -0.2) is 93.0 Å². The van der Waals surface area contributed by atoms with Gasteiger partial charge in [0.2, 0.25) is 0 Å². The molecular weight excluding hydrogens is 546 g/mol. The van der Waals surface area contributed by atoms with E-state index >= 15 is 0 Å². The minimum atomic E-state index is -0.498. The summed E-state index contributed by atoms with van der Waals surface area (Å²) < 4.78 is 16.2. The van der Waals surface area contributed by atoms with Crippen LogP contribution in [0.2, 0.25) is 0 Å². The second kappa shape index (κ2) is 27.7. The number of hydrogen-bond donors (Lipinski definition) is 1. The van der Waals surface area contributed by atoms with Gasteiger partial charge in [0.1, 0.15) is 5.60 Å². The molecule has 0 heterocycles. The maximum Gasteiger partial charge on any atom is 0.407 e. The van der Waals surface area contributed by atoms with Gasteiger partial charge in [0.25, 0.3) is 0 Å². The molecule has 9 heteroatoms. The second-order valence-electron chi connectivity index (χ2n) is 12.8. The third-order valence-corrected chi connectivity index (χ3v) is 7.19. The Labute approximate surface area is 264 Å². The van der Waals surface area contributed by atoms with Crippen molar-refractivity contribution in [1.82, 2.24) is 15.1 Å². The molecular formula is C34H67N3O6. The molecule has 0 aromatic rings. The van der Waals surface area contributed by atoms with Crippen LogP contribution in [0.25, 0.3) is 0 Å². The first-order chi connectivity index (χ1) is 20.6. The summed E-state index contributed by atoms with van der Waals surface area (Å²) in [7, 11) is 2.07. The lowest BCUT2D eigenvalue weighted by Crippen LogP contribution is -2.35. The average Bonchev–Trinajstić information content (AvgIpc) is 2.94. The van der Waals surface area contributed by atoms with E-state index in [9.17, 15) is 14.4 Å². The number of nitrogens with one attached hydrogen (secondary N) is 1. The Balaban J connectivity index is 4.42. The van der Waals surface area contributed by atoms with Crippen LogP contribution >= 0.6 is 0 Å². The summed E-state index contributed by atoms with van der Waals surface area (Å²) in [6.07, 6.45) is 15.9. The molecule has 0 saturated heterocycles. The van der Waals surface area contributed by atoms with E-state index in [4.69, 9.17) is 14.2 Å². The van der Waals surface area contributed by atoms with Crippen molar-refractivity contribution in [2.24, 2.45) is 0 Å². The predicted octanol–water partition coefficient (Wildman–Crippen LogP) is 7.11. The van der Waals surface area contributed by atoms with Crippen molar-refractivity contribution in [1.29, 1.82) is 0 Å². The maximum absolute atomic E-state index is 12.4. The highest BCUT2D eigenvalue weighted by Crippen LogP contribution is 2.08. The summed E-state index contributed by atoms with van der Waals surface area (Å²) in [6, 6.07) is 0. The van der Waals surface area contributed by atoms with Crippen LogP contribution < -0.4 is 5.32 Å². The molecule has 0 aromatic heterocycles. The van der Waals surface area contributed by atoms with Gasteiger partial charge in [-0.25, -0.2) is 4.79 Å². The molecule has 0 fully saturated rings. The molecule has 0 aliphatic carbocycles. The van der Waals surface area contributed by atoms with Crippen molar-refractivity contribution in [3.05, 3.63) is 0 Å². The summed E-state index contributed by atoms with van der Waals surface area (Å²) in [5.74, 6) is -0.336. The molecule has 0 atom stereocenters. The minimum absolute atomic E-state index is 0.168. The van der Waals surface area contributed by atoms with Crippen molar-refractivity contribution < 1.29 is 28.6 Å². The zero-order valence-corrected chi connectivity index (χ0v) is 28.8. The van der Waals surface area contributed by atoms with E-state index in [1.807, 2.05) is 20.8 Å². The van der Waals surface area contributed by atoms with Gasteiger partial charge in [0, 0.05) is 19.6 Å². The van der Waals surface area contributed by atoms with E-state index in [0.29, 0.717) is 45.7 Å². The van der Waals surface area contributed by atoms with Crippen LogP contribution in [0.3, 0.4) is 0 Å². The molecule has 0 rings (SSSR count). The van der Waals surface area contributed by atoms with Crippen molar-refractivity contribution in [2.45, 2.75) is 143 Å². The van der Waals surface area contributed by atoms with Crippen LogP contribution in [0.4, 0.5) is 4.79 Å². The first-order valence-electron chi connectivity index (χ1n) is 17.3. The smallest absolute Gasteiger partial charge is 0.407 e. The Morgan fingerprint density at radius 2 is 1.07 bits per heavy atom. The third kappa shape index (κ3) is 30.0. The standard InChI is InChI=1S/C34H67N3O6/c1-7-9-11-13-15-17-29-41-31(38)21-27-37(28-22-32(39)42-30-18-16-14-12-10-8-2)26-20-25-36(6)24-19-23-35-33(40)43-34(3,4)5/h7-30H2,1-6H3,(H,35,40). The van der Waals surface area contributed by atoms with E-state index in [-0.39, 0.29) is 18.0 Å². The monoisotopic (exact) mass is 614 g/mol. The zero-order valence-electron chi connectivity index (χ0n) is 28.8. The summed E-state index contributed by atoms with van der Waals surface area (Å²) >= 11 is 0. The molecule has 0 aromatic carbocycles. The third-order valence-electron chi connectivity index (χ3n) is 7.19. The van der Waals surface area contributed by atoms with Crippen LogP contribution in [-0.2, 0) is 23.8 Å². The van der Waals surface area contributed by atoms with Crippen molar-refractivity contribution in [2.75, 3.05) is 59.5 Å². The van der Waals surface area contributed by atoms with Crippen LogP contribution in [0.5, 0.6) is 0 Å². The van der Waals surface area contributed by atoms with Gasteiger partial charge in [-0.15, -0.1) is 0 Å². The SMILES string of the molecule is CCCCCCCCOC(=O)CCN(CCCN(C)CCCNC(=O)OC(C)(C)C)CCC(=O)OCCCCCCCC. The fourth-order valence-electron chi connectivity index (χ4n) is 4.64. The fourth-order valence-corrected chi connectivity index (χ4v) is 4.64. The second-order valence-corrected chi connectivity index (χ2v) is 12.8. The lowest BCUT2D eigenvalue weighted by Gasteiger charge is -2.24. The number of ether oxygens (including phenoxy) is 3. The Bertz CT molecular complexity index is 664. The molecule has 0 spiro atoms. The molecule has 0 saturated carbocycles. The number of rotatable bonds is 28. The molecule has 1 N–H and O–H groups in total. The summed E-state index contributed by atoms with van der Waals surface area (Å²) in [5.41, 5.74) is -0.498. The molecule has 0 aliphatic rings. The molecule has 0 radical (unpaired) electrons. The van der Waals surface area contributed by atoms with Crippen molar-refractivity contribution in [3.8, 4) is 0 Å². The van der Waals surface area contributed by atoms with E-state index in [1.165, 1.54) is 51.4 Å². The first kappa shape index (κ1) is 41.1. The summed E-state index contributed by atoms with van der Waals surface area (Å²) in [6.45, 7) is 15.2. The number of amides is 1. The van der Waals surface area contributed by atoms with Crippen LogP contribution in [0, 0.1) is 0 Å². The molecule has 1 amide bonds. The highest BCUT2D eigenvalue weighted by atomic mass is 16.6. The first-order valence-corrected chi connectivity index (χ1v) is 17.3. The highest BCUT2D eigenvalue weighted by molar-refractivity contribution is 5.70. The van der Waals surface area contributed by atoms with Crippen molar-refractivity contribution >= 4 is 18.0 Å². The highest BCUT2D eigenvalue weighted by Gasteiger charge is 2.16. The average molecular weight is 614 g/mol. The van der Waals surface area contributed by atoms with Gasteiger partial charge < -0.3 is 29.3 Å². The van der Waals surface area contributed by atoms with E-state index in [0.717, 1.165) is 58.2 Å². The molecule has 9 nitrogen and oxygen atoms in total. The molecule has 0 unspecified atom stereocenters. The Kier molecular flexibility index (Phi) is 26.5. The van der Waals surface area contributed by atoms with Crippen LogP contribution in [0.15, 0.2) is 0 Å². The number of carbonyl (C=O) groups excluding carboxylic acids is 3. The normalized spacial score (nSPS) is 11.6. The number of unbranched alkanes of at least 4 members (excludes halogenated alkanes) is 10. The van der Waals surface area contributed by atoms with Gasteiger partial charge in [-0.2, -0.15) is 0 Å². The lowest BCUT2D eigenvalue weighted by atomic mass is 10.1. The summed E-state index contributed by atoms with van der Waals surface area (Å²) in [4.78, 5) is 40.9. The lowest BCUT2D eigenvalue weighted by molar-refractivity contribution is -0.144. The Hall–Kier alpha value is -1.87. The van der Waals surface area contributed by atoms with E-state index in [1.54, 1.807) is 0 Å². The van der Waals surface area contributed by atoms with Gasteiger partial charge in [0.05, 0.1) is 26.1 Å². The van der Waals surface area contributed by atoms with Crippen LogP contribution in [0.1, 0.15) is 137 Å². The fraction of sp³-hybridized carbons (Fsp3) is 0.912. The predicted molar refractivity (Wildman–Crippen MR) is 175 cm³/mol. The number of hydrogen-bond acceptors (Lipinski definition) is 8. The molecule has 254 valence electrons. The molecule has 0 aliphatic heterocycles. The maximum atomic E-state index is 12.4. The van der Waals surface area contributed by atoms with Gasteiger partial charge in [-0.3, -0.25) is 9.59 Å². The topological polar surface area (TPSA) is 97.4 Å². The number of carbonyl (C=O) groups is 3. The van der Waals surface area contributed by atoms with Crippen molar-refractivity contribution in [3.63, 3.8) is 0 Å². The summed E-state index contributed by atoms with van der Waals surface area (Å²) in [5, 5.41) is 2.80. The number of alkyl carbamates (subject to hydrolysis) is 1. The Morgan fingerprint density at radius 1 is 0.605 bits per heavy atom. The largest absolute Gasteiger partial charge is 0.466 e. The molecule has 43 heavy (non-hydrogen) atoms. The number of esters is 2. The quantitative estimate of drug-likeness (QED) is 0.0566. The van der Waals surface area contributed by atoms with E-state index < -0.39 is 5.60 Å². The minimum Gasteiger partial charge on any atom is -0.466 e. The van der Waals surface area contributed by atoms with Gasteiger partial charge in [-0.1, -0.05) is 78.1 Å². The van der Waals surface area contributed by atoms with Gasteiger partial charge in [-0.05, 0) is 73.1 Å². The zero-order chi connectivity index (χ0) is 32.2. The van der Waals surface area contributed by atoms with Gasteiger partial charge in [0.15, 0.2) is 0 Å². The number of nitrogens with zero attached hydrogens (tertiary/aromatic N) is 2. The van der Waals surface area contributed by atoms with Gasteiger partial charge >= 0.3 is 18.0 Å².